The second-order valence-electron chi connectivity index (χ2n) is 6.77. The lowest BCUT2D eigenvalue weighted by Crippen LogP contribution is -2.25. The van der Waals surface area contributed by atoms with Gasteiger partial charge in [0.05, 0.1) is 17.0 Å². The predicted octanol–water partition coefficient (Wildman–Crippen LogP) is 0.838. The minimum atomic E-state index is -0.790. The van der Waals surface area contributed by atoms with Gasteiger partial charge < -0.3 is 11.1 Å². The second-order valence-corrected chi connectivity index (χ2v) is 7.71. The molecule has 0 atom stereocenters. The Morgan fingerprint density at radius 1 is 1.18 bits per heavy atom. The molecular formula is C16H19N9O2S. The normalized spacial score (nSPS) is 11.4. The van der Waals surface area contributed by atoms with Crippen LogP contribution < -0.4 is 11.1 Å². The Morgan fingerprint density at radius 2 is 1.89 bits per heavy atom. The van der Waals surface area contributed by atoms with Gasteiger partial charge in [0, 0.05) is 0 Å². The van der Waals surface area contributed by atoms with Crippen molar-refractivity contribution in [1.82, 2.24) is 35.2 Å². The molecular weight excluding hydrogens is 382 g/mol. The molecule has 146 valence electrons. The Balaban J connectivity index is 1.73. The number of amides is 2. The number of hydrogen-bond donors (Lipinski definition) is 2. The zero-order valence-corrected chi connectivity index (χ0v) is 16.3. The van der Waals surface area contributed by atoms with E-state index in [2.05, 4.69) is 31.0 Å². The van der Waals surface area contributed by atoms with Crippen LogP contribution in [0.15, 0.2) is 35.5 Å². The Labute approximate surface area is 164 Å². The number of aromatic nitrogens is 7. The molecule has 0 radical (unpaired) electrons. The Bertz CT molecular complexity index is 991. The first-order valence-corrected chi connectivity index (χ1v) is 9.28. The van der Waals surface area contributed by atoms with Crippen LogP contribution in [0.4, 0.5) is 5.82 Å². The van der Waals surface area contributed by atoms with Gasteiger partial charge in [-0.2, -0.15) is 0 Å². The maximum absolute atomic E-state index is 12.4. The summed E-state index contributed by atoms with van der Waals surface area (Å²) in [6.07, 6.45) is 0. The lowest BCUT2D eigenvalue weighted by Gasteiger charge is -2.19. The van der Waals surface area contributed by atoms with Gasteiger partial charge in [-0.05, 0) is 43.3 Å². The zero-order valence-electron chi connectivity index (χ0n) is 15.5. The zero-order chi connectivity index (χ0) is 20.3. The maximum atomic E-state index is 12.4. The molecule has 1 aromatic carbocycles. The average molecular weight is 401 g/mol. The van der Waals surface area contributed by atoms with Gasteiger partial charge in [0.15, 0.2) is 11.5 Å². The largest absolute Gasteiger partial charge is 0.364 e. The van der Waals surface area contributed by atoms with E-state index < -0.39 is 11.8 Å². The summed E-state index contributed by atoms with van der Waals surface area (Å²) in [6, 6.07) is 8.97. The van der Waals surface area contributed by atoms with Crippen molar-refractivity contribution in [3.05, 3.63) is 36.0 Å². The monoisotopic (exact) mass is 401 g/mol. The topological polar surface area (TPSA) is 146 Å². The number of primary amides is 1. The summed E-state index contributed by atoms with van der Waals surface area (Å²) >= 11 is 1.17. The molecule has 0 bridgehead atoms. The smallest absolute Gasteiger partial charge is 0.273 e. The van der Waals surface area contributed by atoms with Crippen LogP contribution in [-0.4, -0.2) is 52.8 Å². The van der Waals surface area contributed by atoms with E-state index >= 15 is 0 Å². The molecule has 3 rings (SSSR count). The van der Waals surface area contributed by atoms with Crippen LogP contribution in [0.5, 0.6) is 0 Å². The van der Waals surface area contributed by atoms with Crippen LogP contribution in [-0.2, 0) is 10.3 Å². The minimum Gasteiger partial charge on any atom is -0.364 e. The van der Waals surface area contributed by atoms with Gasteiger partial charge in [0.25, 0.3) is 5.91 Å². The summed E-state index contributed by atoms with van der Waals surface area (Å²) in [6.45, 7) is 5.86. The van der Waals surface area contributed by atoms with E-state index in [-0.39, 0.29) is 22.8 Å². The fourth-order valence-electron chi connectivity index (χ4n) is 2.22. The van der Waals surface area contributed by atoms with Crippen molar-refractivity contribution in [2.45, 2.75) is 31.5 Å². The summed E-state index contributed by atoms with van der Waals surface area (Å²) in [5, 5.41) is 22.8. The van der Waals surface area contributed by atoms with Crippen molar-refractivity contribution in [3.8, 4) is 5.69 Å². The predicted molar refractivity (Wildman–Crippen MR) is 102 cm³/mol. The first-order valence-electron chi connectivity index (χ1n) is 8.30. The number of nitrogens with zero attached hydrogens (tertiary/aromatic N) is 7. The van der Waals surface area contributed by atoms with Crippen LogP contribution in [0, 0.1) is 0 Å². The number of para-hydroxylation sites is 1. The number of thioether (sulfide) groups is 1. The van der Waals surface area contributed by atoms with Gasteiger partial charge in [-0.3, -0.25) is 9.59 Å². The van der Waals surface area contributed by atoms with E-state index in [0.717, 1.165) is 0 Å². The van der Waals surface area contributed by atoms with E-state index in [9.17, 15) is 9.59 Å². The molecule has 0 saturated carbocycles. The number of tetrazole rings is 1. The van der Waals surface area contributed by atoms with E-state index in [1.165, 1.54) is 16.6 Å². The number of nitrogens with one attached hydrogen (secondary N) is 1. The van der Waals surface area contributed by atoms with Crippen molar-refractivity contribution < 1.29 is 9.59 Å². The van der Waals surface area contributed by atoms with Crippen LogP contribution >= 0.6 is 11.8 Å². The summed E-state index contributed by atoms with van der Waals surface area (Å²) in [5.41, 5.74) is 5.55. The third kappa shape index (κ3) is 4.34. The molecule has 0 unspecified atom stereocenters. The Hall–Kier alpha value is -3.28. The molecule has 12 heteroatoms. The van der Waals surface area contributed by atoms with Gasteiger partial charge in [-0.25, -0.2) is 4.68 Å². The summed E-state index contributed by atoms with van der Waals surface area (Å²) in [4.78, 5) is 25.3. The molecule has 0 aliphatic carbocycles. The first kappa shape index (κ1) is 19.5. The number of carbonyl (C=O) groups excluding carboxylic acids is 2. The van der Waals surface area contributed by atoms with E-state index in [4.69, 9.17) is 5.73 Å². The lowest BCUT2D eigenvalue weighted by atomic mass is 10.1. The average Bonchev–Trinajstić information content (AvgIpc) is 3.27. The number of rotatable bonds is 6. The number of nitrogens with two attached hydrogens (primary N) is 1. The number of anilines is 1. The van der Waals surface area contributed by atoms with Gasteiger partial charge in [0.1, 0.15) is 0 Å². The summed E-state index contributed by atoms with van der Waals surface area (Å²) in [5.74, 6) is -1.16. The third-order valence-electron chi connectivity index (χ3n) is 3.50. The van der Waals surface area contributed by atoms with Crippen LogP contribution in [0.3, 0.4) is 0 Å². The van der Waals surface area contributed by atoms with Crippen molar-refractivity contribution in [3.63, 3.8) is 0 Å². The van der Waals surface area contributed by atoms with Crippen molar-refractivity contribution >= 4 is 29.4 Å². The third-order valence-corrected chi connectivity index (χ3v) is 4.42. The molecule has 11 nitrogen and oxygen atoms in total. The van der Waals surface area contributed by atoms with Gasteiger partial charge >= 0.3 is 0 Å². The lowest BCUT2D eigenvalue weighted by molar-refractivity contribution is -0.113. The van der Waals surface area contributed by atoms with E-state index in [1.54, 1.807) is 28.9 Å². The van der Waals surface area contributed by atoms with Crippen molar-refractivity contribution in [2.75, 3.05) is 11.1 Å². The number of carbonyl (C=O) groups is 2. The molecule has 0 fully saturated rings. The first-order chi connectivity index (χ1) is 13.3. The van der Waals surface area contributed by atoms with Crippen LogP contribution in [0.25, 0.3) is 5.69 Å². The second kappa shape index (κ2) is 7.76. The SMILES string of the molecule is CC(C)(C)n1nnnc1SCC(=O)Nc1nn(-c2ccccc2)nc1C(N)=O. The molecule has 0 saturated heterocycles. The molecule has 2 aromatic heterocycles. The van der Waals surface area contributed by atoms with Gasteiger partial charge in [-0.1, -0.05) is 30.0 Å². The number of benzene rings is 1. The molecule has 0 aliphatic rings. The summed E-state index contributed by atoms with van der Waals surface area (Å²) in [7, 11) is 0. The maximum Gasteiger partial charge on any atom is 0.273 e. The van der Waals surface area contributed by atoms with E-state index in [0.29, 0.717) is 10.8 Å². The van der Waals surface area contributed by atoms with Crippen molar-refractivity contribution in [2.24, 2.45) is 5.73 Å². The highest BCUT2D eigenvalue weighted by molar-refractivity contribution is 7.99. The molecule has 3 aromatic rings. The Kier molecular flexibility index (Phi) is 5.40. The Morgan fingerprint density at radius 3 is 2.54 bits per heavy atom. The highest BCUT2D eigenvalue weighted by atomic mass is 32.2. The van der Waals surface area contributed by atoms with E-state index in [1.807, 2.05) is 26.8 Å². The standard InChI is InChI=1S/C16H19N9O2S/c1-16(2,3)24-15(19-22-23-24)28-9-11(26)18-14-12(13(17)27)20-25(21-14)10-7-5-4-6-8-10/h4-8H,9H2,1-3H3,(H2,17,27)(H,18,21,26). The quantitative estimate of drug-likeness (QED) is 0.578. The van der Waals surface area contributed by atoms with Gasteiger partial charge in [-0.15, -0.1) is 20.1 Å². The minimum absolute atomic E-state index is 0.00244. The number of hydrogen-bond acceptors (Lipinski definition) is 8. The molecule has 0 aliphatic heterocycles. The van der Waals surface area contributed by atoms with Crippen molar-refractivity contribution in [1.29, 1.82) is 0 Å². The van der Waals surface area contributed by atoms with Crippen LogP contribution in [0.2, 0.25) is 0 Å². The molecule has 0 spiro atoms. The van der Waals surface area contributed by atoms with Gasteiger partial charge in [0.2, 0.25) is 11.1 Å². The summed E-state index contributed by atoms with van der Waals surface area (Å²) < 4.78 is 1.63. The molecule has 28 heavy (non-hydrogen) atoms. The molecule has 3 N–H and O–H groups in total. The fraction of sp³-hybridized carbons (Fsp3) is 0.312. The molecule has 2 heterocycles. The fourth-order valence-corrected chi connectivity index (χ4v) is 3.08. The highest BCUT2D eigenvalue weighted by Crippen LogP contribution is 2.21. The molecule has 2 amide bonds. The van der Waals surface area contributed by atoms with Crippen LogP contribution in [0.1, 0.15) is 31.3 Å². The highest BCUT2D eigenvalue weighted by Gasteiger charge is 2.22.